The van der Waals surface area contributed by atoms with Crippen molar-refractivity contribution in [2.75, 3.05) is 11.4 Å². The molecule has 1 saturated heterocycles. The fraction of sp³-hybridized carbons (Fsp3) is 0.471. The van der Waals surface area contributed by atoms with Crippen molar-refractivity contribution in [2.24, 2.45) is 5.92 Å². The first-order valence-electron chi connectivity index (χ1n) is 7.40. The van der Waals surface area contributed by atoms with Crippen LogP contribution in [0.5, 0.6) is 0 Å². The summed E-state index contributed by atoms with van der Waals surface area (Å²) < 4.78 is 0. The summed E-state index contributed by atoms with van der Waals surface area (Å²) in [6, 6.07) is 11.2. The van der Waals surface area contributed by atoms with Crippen molar-refractivity contribution < 1.29 is 0 Å². The molecule has 0 bridgehead atoms. The number of piperidine rings is 1. The Hall–Kier alpha value is -1.09. The summed E-state index contributed by atoms with van der Waals surface area (Å²) in [5.41, 5.74) is 2.39. The van der Waals surface area contributed by atoms with E-state index in [1.54, 1.807) is 0 Å². The molecule has 0 saturated carbocycles. The Labute approximate surface area is 129 Å². The van der Waals surface area contributed by atoms with Crippen molar-refractivity contribution in [3.8, 4) is 0 Å². The number of hydrogen-bond acceptors (Lipinski definition) is 2. The highest BCUT2D eigenvalue weighted by Gasteiger charge is 2.25. The number of rotatable bonds is 2. The van der Waals surface area contributed by atoms with Gasteiger partial charge in [0.25, 0.3) is 0 Å². The van der Waals surface area contributed by atoms with Crippen molar-refractivity contribution >= 4 is 32.7 Å². The van der Waals surface area contributed by atoms with Crippen LogP contribution in [-0.4, -0.2) is 17.6 Å². The first-order chi connectivity index (χ1) is 9.69. The van der Waals surface area contributed by atoms with Gasteiger partial charge in [-0.1, -0.05) is 41.1 Å². The highest BCUT2D eigenvalue weighted by atomic mass is 79.9. The Morgan fingerprint density at radius 1 is 1.25 bits per heavy atom. The van der Waals surface area contributed by atoms with Gasteiger partial charge in [0.15, 0.2) is 0 Å². The van der Waals surface area contributed by atoms with Crippen molar-refractivity contribution in [1.29, 1.82) is 0 Å². The lowest BCUT2D eigenvalue weighted by Gasteiger charge is -2.38. The Balaban J connectivity index is 2.08. The molecule has 1 aromatic heterocycles. The van der Waals surface area contributed by atoms with Gasteiger partial charge in [-0.3, -0.25) is 0 Å². The predicted octanol–water partition coefficient (Wildman–Crippen LogP) is 4.75. The lowest BCUT2D eigenvalue weighted by atomic mass is 9.94. The summed E-state index contributed by atoms with van der Waals surface area (Å²) in [6.45, 7) is 5.78. The fourth-order valence-corrected chi connectivity index (χ4v) is 3.49. The van der Waals surface area contributed by atoms with Gasteiger partial charge in [-0.15, -0.1) is 0 Å². The fourth-order valence-electron chi connectivity index (χ4n) is 3.08. The highest BCUT2D eigenvalue weighted by Crippen LogP contribution is 2.31. The van der Waals surface area contributed by atoms with Crippen molar-refractivity contribution in [2.45, 2.75) is 38.1 Å². The van der Waals surface area contributed by atoms with Crippen molar-refractivity contribution in [3.05, 3.63) is 35.9 Å². The van der Waals surface area contributed by atoms with E-state index in [4.69, 9.17) is 4.98 Å². The van der Waals surface area contributed by atoms with Crippen LogP contribution in [0.15, 0.2) is 30.3 Å². The number of alkyl halides is 1. The van der Waals surface area contributed by atoms with Crippen LogP contribution in [0.25, 0.3) is 10.9 Å². The van der Waals surface area contributed by atoms with Gasteiger partial charge in [0, 0.05) is 28.9 Å². The number of nitrogens with zero attached hydrogens (tertiary/aromatic N) is 2. The van der Waals surface area contributed by atoms with E-state index in [0.717, 1.165) is 23.3 Å². The van der Waals surface area contributed by atoms with Crippen molar-refractivity contribution in [3.63, 3.8) is 0 Å². The Bertz CT molecular complexity index is 611. The van der Waals surface area contributed by atoms with Gasteiger partial charge in [-0.2, -0.15) is 0 Å². The maximum atomic E-state index is 4.95. The SMILES string of the molecule is CC1CCC(C)N(c2nc3ccccc3cc2CBr)C1. The molecular formula is C17H21BrN2. The van der Waals surface area contributed by atoms with Crippen LogP contribution >= 0.6 is 15.9 Å². The van der Waals surface area contributed by atoms with E-state index in [2.05, 4.69) is 65.0 Å². The molecule has 2 nitrogen and oxygen atoms in total. The monoisotopic (exact) mass is 332 g/mol. The molecule has 106 valence electrons. The van der Waals surface area contributed by atoms with E-state index in [1.807, 2.05) is 0 Å². The second-order valence-corrected chi connectivity index (χ2v) is 6.54. The number of aromatic nitrogens is 1. The number of pyridine rings is 1. The molecule has 2 aromatic rings. The average Bonchev–Trinajstić information content (AvgIpc) is 2.48. The second-order valence-electron chi connectivity index (χ2n) is 5.98. The van der Waals surface area contributed by atoms with Gasteiger partial charge in [-0.05, 0) is 37.8 Å². The first kappa shape index (κ1) is 13.9. The molecule has 0 spiro atoms. The molecule has 20 heavy (non-hydrogen) atoms. The van der Waals surface area contributed by atoms with E-state index >= 15 is 0 Å². The van der Waals surface area contributed by atoms with E-state index in [1.165, 1.54) is 29.6 Å². The number of para-hydroxylation sites is 1. The zero-order chi connectivity index (χ0) is 14.1. The molecule has 3 rings (SSSR count). The second kappa shape index (κ2) is 5.72. The van der Waals surface area contributed by atoms with Crippen molar-refractivity contribution in [1.82, 2.24) is 4.98 Å². The number of benzene rings is 1. The molecule has 2 heterocycles. The van der Waals surface area contributed by atoms with Crippen LogP contribution in [-0.2, 0) is 5.33 Å². The first-order valence-corrected chi connectivity index (χ1v) is 8.52. The molecule has 0 aliphatic carbocycles. The third kappa shape index (κ3) is 2.56. The molecule has 2 atom stereocenters. The van der Waals surface area contributed by atoms with E-state index in [9.17, 15) is 0 Å². The van der Waals surface area contributed by atoms with Crippen LogP contribution in [0, 0.1) is 5.92 Å². The molecule has 0 N–H and O–H groups in total. The third-order valence-electron chi connectivity index (χ3n) is 4.31. The molecule has 1 aliphatic heterocycles. The lowest BCUT2D eigenvalue weighted by Crippen LogP contribution is -2.42. The van der Waals surface area contributed by atoms with Crippen LogP contribution < -0.4 is 4.90 Å². The molecule has 1 aliphatic rings. The Morgan fingerprint density at radius 3 is 2.85 bits per heavy atom. The summed E-state index contributed by atoms with van der Waals surface area (Å²) >= 11 is 3.63. The van der Waals surface area contributed by atoms with Gasteiger partial charge < -0.3 is 4.90 Å². The van der Waals surface area contributed by atoms with E-state index in [-0.39, 0.29) is 0 Å². The minimum absolute atomic E-state index is 0.581. The molecule has 0 radical (unpaired) electrons. The summed E-state index contributed by atoms with van der Waals surface area (Å²) in [7, 11) is 0. The maximum absolute atomic E-state index is 4.95. The molecule has 0 amide bonds. The van der Waals surface area contributed by atoms with Crippen LogP contribution in [0.3, 0.4) is 0 Å². The number of fused-ring (bicyclic) bond motifs is 1. The van der Waals surface area contributed by atoms with Gasteiger partial charge in [0.1, 0.15) is 5.82 Å². The molecule has 3 heteroatoms. The topological polar surface area (TPSA) is 16.1 Å². The summed E-state index contributed by atoms with van der Waals surface area (Å²) in [5.74, 6) is 1.92. The maximum Gasteiger partial charge on any atom is 0.133 e. The normalized spacial score (nSPS) is 23.2. The number of anilines is 1. The predicted molar refractivity (Wildman–Crippen MR) is 89.6 cm³/mol. The van der Waals surface area contributed by atoms with Crippen LogP contribution in [0.2, 0.25) is 0 Å². The largest absolute Gasteiger partial charge is 0.353 e. The molecule has 1 aromatic carbocycles. The van der Waals surface area contributed by atoms with Gasteiger partial charge in [0.05, 0.1) is 5.52 Å². The van der Waals surface area contributed by atoms with Gasteiger partial charge in [-0.25, -0.2) is 4.98 Å². The van der Waals surface area contributed by atoms with E-state index in [0.29, 0.717) is 6.04 Å². The molecule has 1 fully saturated rings. The van der Waals surface area contributed by atoms with E-state index < -0.39 is 0 Å². The smallest absolute Gasteiger partial charge is 0.133 e. The number of hydrogen-bond donors (Lipinski definition) is 0. The minimum atomic E-state index is 0.581. The van der Waals surface area contributed by atoms with Crippen LogP contribution in [0.1, 0.15) is 32.3 Å². The minimum Gasteiger partial charge on any atom is -0.353 e. The molecule has 2 unspecified atom stereocenters. The quantitative estimate of drug-likeness (QED) is 0.737. The summed E-state index contributed by atoms with van der Waals surface area (Å²) in [4.78, 5) is 7.45. The average molecular weight is 333 g/mol. The third-order valence-corrected chi connectivity index (χ3v) is 4.92. The number of halogens is 1. The Morgan fingerprint density at radius 2 is 2.05 bits per heavy atom. The van der Waals surface area contributed by atoms with Gasteiger partial charge in [0.2, 0.25) is 0 Å². The van der Waals surface area contributed by atoms with Gasteiger partial charge >= 0.3 is 0 Å². The standard InChI is InChI=1S/C17H21BrN2/c1-12-7-8-13(2)20(11-12)17-15(10-18)9-14-5-3-4-6-16(14)19-17/h3-6,9,12-13H,7-8,10-11H2,1-2H3. The highest BCUT2D eigenvalue weighted by molar-refractivity contribution is 9.08. The Kier molecular flexibility index (Phi) is 3.97. The van der Waals surface area contributed by atoms with Crippen LogP contribution in [0.4, 0.5) is 5.82 Å². The summed E-state index contributed by atoms with van der Waals surface area (Å²) in [5, 5.41) is 2.08. The summed E-state index contributed by atoms with van der Waals surface area (Å²) in [6.07, 6.45) is 2.59. The molecular weight excluding hydrogens is 312 g/mol. The lowest BCUT2D eigenvalue weighted by molar-refractivity contribution is 0.388. The zero-order valence-electron chi connectivity index (χ0n) is 12.1. The zero-order valence-corrected chi connectivity index (χ0v) is 13.7.